The molecule has 0 saturated heterocycles. The van der Waals surface area contributed by atoms with Crippen LogP contribution in [0.2, 0.25) is 0 Å². The van der Waals surface area contributed by atoms with E-state index in [4.69, 9.17) is 14.2 Å². The lowest BCUT2D eigenvalue weighted by Gasteiger charge is -2.13. The van der Waals surface area contributed by atoms with Crippen molar-refractivity contribution in [3.05, 3.63) is 76.2 Å². The van der Waals surface area contributed by atoms with Crippen molar-refractivity contribution in [2.45, 2.75) is 24.4 Å². The van der Waals surface area contributed by atoms with E-state index in [2.05, 4.69) is 10.1 Å². The minimum atomic E-state index is -0.0781. The van der Waals surface area contributed by atoms with Gasteiger partial charge in [0.05, 0.1) is 30.3 Å². The molecule has 0 saturated carbocycles. The highest BCUT2D eigenvalue weighted by molar-refractivity contribution is 7.98. The minimum Gasteiger partial charge on any atom is -0.497 e. The van der Waals surface area contributed by atoms with Crippen LogP contribution in [0.3, 0.4) is 0 Å². The van der Waals surface area contributed by atoms with Crippen molar-refractivity contribution < 1.29 is 9.26 Å². The van der Waals surface area contributed by atoms with E-state index in [-0.39, 0.29) is 5.56 Å². The van der Waals surface area contributed by atoms with Crippen LogP contribution in [0.25, 0.3) is 10.9 Å². The summed E-state index contributed by atoms with van der Waals surface area (Å²) in [6, 6.07) is 15.0. The van der Waals surface area contributed by atoms with E-state index >= 15 is 0 Å². The highest BCUT2D eigenvalue weighted by atomic mass is 32.2. The van der Waals surface area contributed by atoms with Gasteiger partial charge in [-0.1, -0.05) is 41.2 Å². The second-order valence-corrected chi connectivity index (χ2v) is 7.12. The molecule has 7 nitrogen and oxygen atoms in total. The van der Waals surface area contributed by atoms with Gasteiger partial charge in [-0.2, -0.15) is 4.98 Å². The molecule has 2 aromatic carbocycles. The van der Waals surface area contributed by atoms with Crippen molar-refractivity contribution in [1.29, 1.82) is 0 Å². The molecule has 0 spiro atoms. The SMILES string of the molecule is COc1ccc(Cn2c(SCc3nc(C)no3)nc3ccccc3c2=O)cc1. The maximum atomic E-state index is 13.1. The second kappa shape index (κ2) is 7.85. The molecule has 0 atom stereocenters. The Morgan fingerprint density at radius 3 is 2.61 bits per heavy atom. The number of hydrogen-bond donors (Lipinski definition) is 0. The van der Waals surface area contributed by atoms with Crippen molar-refractivity contribution in [3.63, 3.8) is 0 Å². The Morgan fingerprint density at radius 2 is 1.89 bits per heavy atom. The number of hydrogen-bond acceptors (Lipinski definition) is 7. The lowest BCUT2D eigenvalue weighted by molar-refractivity contribution is 0.387. The van der Waals surface area contributed by atoms with Gasteiger partial charge in [-0.05, 0) is 36.8 Å². The fraction of sp³-hybridized carbons (Fsp3) is 0.200. The van der Waals surface area contributed by atoms with Gasteiger partial charge in [0.1, 0.15) is 5.75 Å². The first kappa shape index (κ1) is 18.2. The quantitative estimate of drug-likeness (QED) is 0.366. The third kappa shape index (κ3) is 3.77. The van der Waals surface area contributed by atoms with E-state index in [1.807, 2.05) is 42.5 Å². The number of methoxy groups -OCH3 is 1. The van der Waals surface area contributed by atoms with Crippen LogP contribution in [0.1, 0.15) is 17.3 Å². The lowest BCUT2D eigenvalue weighted by Crippen LogP contribution is -2.24. The molecule has 0 amide bonds. The summed E-state index contributed by atoms with van der Waals surface area (Å²) in [5, 5.41) is 5.00. The average molecular weight is 394 g/mol. The average Bonchev–Trinajstić information content (AvgIpc) is 3.14. The molecular weight excluding hydrogens is 376 g/mol. The van der Waals surface area contributed by atoms with E-state index in [1.54, 1.807) is 24.7 Å². The van der Waals surface area contributed by atoms with Gasteiger partial charge >= 0.3 is 0 Å². The molecule has 2 heterocycles. The molecule has 0 radical (unpaired) electrons. The summed E-state index contributed by atoms with van der Waals surface area (Å²) in [7, 11) is 1.63. The maximum Gasteiger partial charge on any atom is 0.262 e. The number of aromatic nitrogens is 4. The summed E-state index contributed by atoms with van der Waals surface area (Å²) >= 11 is 1.40. The first-order valence-corrected chi connectivity index (χ1v) is 9.67. The van der Waals surface area contributed by atoms with E-state index in [0.717, 1.165) is 11.3 Å². The predicted molar refractivity (Wildman–Crippen MR) is 107 cm³/mol. The van der Waals surface area contributed by atoms with Crippen LogP contribution in [-0.2, 0) is 12.3 Å². The molecule has 0 aliphatic rings. The van der Waals surface area contributed by atoms with Crippen molar-refractivity contribution in [1.82, 2.24) is 19.7 Å². The number of rotatable bonds is 6. The zero-order valence-corrected chi connectivity index (χ0v) is 16.3. The topological polar surface area (TPSA) is 83.0 Å². The number of thioether (sulfide) groups is 1. The Bertz CT molecular complexity index is 1170. The Hall–Kier alpha value is -3.13. The Kier molecular flexibility index (Phi) is 5.12. The van der Waals surface area contributed by atoms with E-state index < -0.39 is 0 Å². The lowest BCUT2D eigenvalue weighted by atomic mass is 10.2. The Labute approximate surface area is 165 Å². The number of ether oxygens (including phenoxy) is 1. The number of fused-ring (bicyclic) bond motifs is 1. The normalized spacial score (nSPS) is 11.1. The van der Waals surface area contributed by atoms with Crippen molar-refractivity contribution >= 4 is 22.7 Å². The van der Waals surface area contributed by atoms with Gasteiger partial charge < -0.3 is 9.26 Å². The Balaban J connectivity index is 1.72. The number of aryl methyl sites for hydroxylation is 1. The second-order valence-electron chi connectivity index (χ2n) is 6.17. The molecule has 0 unspecified atom stereocenters. The molecule has 0 N–H and O–H groups in total. The monoisotopic (exact) mass is 394 g/mol. The highest BCUT2D eigenvalue weighted by Gasteiger charge is 2.14. The largest absolute Gasteiger partial charge is 0.497 e. The van der Waals surface area contributed by atoms with Gasteiger partial charge in [0, 0.05) is 0 Å². The molecule has 0 aliphatic heterocycles. The molecule has 142 valence electrons. The molecule has 0 aliphatic carbocycles. The van der Waals surface area contributed by atoms with Crippen molar-refractivity contribution in [3.8, 4) is 5.75 Å². The standard InChI is InChI=1S/C20H18N4O3S/c1-13-21-18(27-23-13)12-28-20-22-17-6-4-3-5-16(17)19(25)24(20)11-14-7-9-15(26-2)10-8-14/h3-10H,11-12H2,1-2H3. The summed E-state index contributed by atoms with van der Waals surface area (Å²) in [6.07, 6.45) is 0. The Morgan fingerprint density at radius 1 is 1.11 bits per heavy atom. The van der Waals surface area contributed by atoms with Crippen molar-refractivity contribution in [2.24, 2.45) is 0 Å². The van der Waals surface area contributed by atoms with Crippen LogP contribution in [0, 0.1) is 6.92 Å². The fourth-order valence-corrected chi connectivity index (χ4v) is 3.67. The fourth-order valence-electron chi connectivity index (χ4n) is 2.84. The van der Waals surface area contributed by atoms with E-state index in [0.29, 0.717) is 40.1 Å². The van der Waals surface area contributed by atoms with Gasteiger partial charge in [0.2, 0.25) is 5.89 Å². The van der Waals surface area contributed by atoms with Crippen LogP contribution >= 0.6 is 11.8 Å². The van der Waals surface area contributed by atoms with Crippen LogP contribution in [0.5, 0.6) is 5.75 Å². The number of benzene rings is 2. The van der Waals surface area contributed by atoms with Gasteiger partial charge in [-0.25, -0.2) is 4.98 Å². The summed E-state index contributed by atoms with van der Waals surface area (Å²) < 4.78 is 12.1. The maximum absolute atomic E-state index is 13.1. The first-order chi connectivity index (χ1) is 13.6. The number of para-hydroxylation sites is 1. The molecule has 8 heteroatoms. The zero-order valence-electron chi connectivity index (χ0n) is 15.5. The summed E-state index contributed by atoms with van der Waals surface area (Å²) in [4.78, 5) is 22.0. The smallest absolute Gasteiger partial charge is 0.262 e. The van der Waals surface area contributed by atoms with Crippen LogP contribution in [-0.4, -0.2) is 26.8 Å². The zero-order chi connectivity index (χ0) is 19.5. The van der Waals surface area contributed by atoms with Gasteiger partial charge in [-0.3, -0.25) is 9.36 Å². The molecule has 0 bridgehead atoms. The molecule has 28 heavy (non-hydrogen) atoms. The van der Waals surface area contributed by atoms with Crippen LogP contribution in [0.15, 0.2) is 63.0 Å². The summed E-state index contributed by atoms with van der Waals surface area (Å²) in [5.41, 5.74) is 1.57. The molecule has 4 aromatic rings. The third-order valence-corrected chi connectivity index (χ3v) is 5.18. The van der Waals surface area contributed by atoms with Crippen LogP contribution < -0.4 is 10.3 Å². The number of nitrogens with zero attached hydrogens (tertiary/aromatic N) is 4. The van der Waals surface area contributed by atoms with Gasteiger partial charge in [0.15, 0.2) is 11.0 Å². The predicted octanol–water partition coefficient (Wildman–Crippen LogP) is 3.44. The van der Waals surface area contributed by atoms with Gasteiger partial charge in [-0.15, -0.1) is 0 Å². The van der Waals surface area contributed by atoms with E-state index in [1.165, 1.54) is 11.8 Å². The molecule has 0 fully saturated rings. The third-order valence-electron chi connectivity index (χ3n) is 4.22. The molecule has 4 rings (SSSR count). The van der Waals surface area contributed by atoms with Crippen molar-refractivity contribution in [2.75, 3.05) is 7.11 Å². The van der Waals surface area contributed by atoms with E-state index in [9.17, 15) is 4.79 Å². The molecule has 2 aromatic heterocycles. The highest BCUT2D eigenvalue weighted by Crippen LogP contribution is 2.23. The van der Waals surface area contributed by atoms with Crippen LogP contribution in [0.4, 0.5) is 0 Å². The first-order valence-electron chi connectivity index (χ1n) is 8.68. The summed E-state index contributed by atoms with van der Waals surface area (Å²) in [5.74, 6) is 2.29. The molecular formula is C20H18N4O3S. The van der Waals surface area contributed by atoms with Gasteiger partial charge in [0.25, 0.3) is 5.56 Å². The summed E-state index contributed by atoms with van der Waals surface area (Å²) in [6.45, 7) is 2.18. The minimum absolute atomic E-state index is 0.0781.